The molecule has 3 atom stereocenters. The van der Waals surface area contributed by atoms with Gasteiger partial charge in [0.25, 0.3) is 0 Å². The quantitative estimate of drug-likeness (QED) is 0.658. The van der Waals surface area contributed by atoms with E-state index in [2.05, 4.69) is 17.1 Å². The third-order valence-corrected chi connectivity index (χ3v) is 2.92. The Morgan fingerprint density at radius 2 is 1.93 bits per heavy atom. The van der Waals surface area contributed by atoms with Crippen molar-refractivity contribution in [1.29, 1.82) is 0 Å². The number of ether oxygens (including phenoxy) is 2. The minimum atomic E-state index is -0.0499. The van der Waals surface area contributed by atoms with Crippen molar-refractivity contribution in [2.45, 2.75) is 26.4 Å². The molecule has 2 aliphatic rings. The Morgan fingerprint density at radius 3 is 2.64 bits per heavy atom. The molecule has 0 amide bonds. The lowest BCUT2D eigenvalue weighted by Crippen LogP contribution is -2.55. The van der Waals surface area contributed by atoms with Gasteiger partial charge in [0.05, 0.1) is 6.61 Å². The monoisotopic (exact) mass is 200 g/mol. The van der Waals surface area contributed by atoms with E-state index in [0.29, 0.717) is 5.92 Å². The van der Waals surface area contributed by atoms with Gasteiger partial charge in [0.2, 0.25) is 0 Å². The van der Waals surface area contributed by atoms with Gasteiger partial charge >= 0.3 is 0 Å². The first kappa shape index (κ1) is 10.4. The SMILES string of the molecule is CC1OCC(C)C(N2CCNCC2)O1. The summed E-state index contributed by atoms with van der Waals surface area (Å²) in [5, 5.41) is 3.35. The highest BCUT2D eigenvalue weighted by atomic mass is 16.7. The minimum absolute atomic E-state index is 0.0499. The van der Waals surface area contributed by atoms with Crippen molar-refractivity contribution in [3.8, 4) is 0 Å². The Kier molecular flexibility index (Phi) is 3.38. The molecule has 0 radical (unpaired) electrons. The topological polar surface area (TPSA) is 33.7 Å². The van der Waals surface area contributed by atoms with Crippen LogP contribution in [0.15, 0.2) is 0 Å². The van der Waals surface area contributed by atoms with Crippen molar-refractivity contribution < 1.29 is 9.47 Å². The smallest absolute Gasteiger partial charge is 0.156 e. The summed E-state index contributed by atoms with van der Waals surface area (Å²) in [6.07, 6.45) is 0.201. The van der Waals surface area contributed by atoms with E-state index < -0.39 is 0 Å². The number of hydrogen-bond acceptors (Lipinski definition) is 4. The lowest BCUT2D eigenvalue weighted by atomic mass is 10.1. The zero-order chi connectivity index (χ0) is 9.97. The van der Waals surface area contributed by atoms with Gasteiger partial charge in [0.15, 0.2) is 6.29 Å². The average molecular weight is 200 g/mol. The Balaban J connectivity index is 1.92. The third kappa shape index (κ3) is 2.25. The van der Waals surface area contributed by atoms with Crippen LogP contribution >= 0.6 is 0 Å². The fourth-order valence-electron chi connectivity index (χ4n) is 2.12. The highest BCUT2D eigenvalue weighted by Gasteiger charge is 2.32. The van der Waals surface area contributed by atoms with Crippen LogP contribution in [-0.4, -0.2) is 50.2 Å². The molecule has 1 N–H and O–H groups in total. The van der Waals surface area contributed by atoms with Gasteiger partial charge in [-0.05, 0) is 6.92 Å². The number of rotatable bonds is 1. The van der Waals surface area contributed by atoms with Gasteiger partial charge in [-0.3, -0.25) is 4.90 Å². The summed E-state index contributed by atoms with van der Waals surface area (Å²) in [4.78, 5) is 2.42. The molecule has 4 nitrogen and oxygen atoms in total. The summed E-state index contributed by atoms with van der Waals surface area (Å²) in [7, 11) is 0. The highest BCUT2D eigenvalue weighted by Crippen LogP contribution is 2.21. The van der Waals surface area contributed by atoms with Gasteiger partial charge in [-0.1, -0.05) is 6.92 Å². The number of hydrogen-bond donors (Lipinski definition) is 1. The first-order chi connectivity index (χ1) is 6.77. The Bertz CT molecular complexity index is 183. The minimum Gasteiger partial charge on any atom is -0.352 e. The van der Waals surface area contributed by atoms with Crippen LogP contribution in [0.5, 0.6) is 0 Å². The van der Waals surface area contributed by atoms with Crippen LogP contribution in [0.3, 0.4) is 0 Å². The summed E-state index contributed by atoms with van der Waals surface area (Å²) in [6.45, 7) is 9.29. The third-order valence-electron chi connectivity index (χ3n) is 2.92. The first-order valence-corrected chi connectivity index (χ1v) is 5.49. The Morgan fingerprint density at radius 1 is 1.21 bits per heavy atom. The first-order valence-electron chi connectivity index (χ1n) is 5.49. The van der Waals surface area contributed by atoms with E-state index in [-0.39, 0.29) is 12.5 Å². The molecule has 0 aromatic rings. The van der Waals surface area contributed by atoms with Gasteiger partial charge in [-0.2, -0.15) is 0 Å². The second kappa shape index (κ2) is 4.57. The zero-order valence-corrected chi connectivity index (χ0v) is 9.03. The van der Waals surface area contributed by atoms with Crippen molar-refractivity contribution in [3.63, 3.8) is 0 Å². The van der Waals surface area contributed by atoms with E-state index in [4.69, 9.17) is 9.47 Å². The molecule has 0 bridgehead atoms. The number of nitrogens with one attached hydrogen (secondary N) is 1. The average Bonchev–Trinajstić information content (AvgIpc) is 2.23. The van der Waals surface area contributed by atoms with Gasteiger partial charge in [-0.15, -0.1) is 0 Å². The molecule has 2 aliphatic heterocycles. The standard InChI is InChI=1S/C10H20N2O2/c1-8-7-13-9(2)14-10(8)12-5-3-11-4-6-12/h8-11H,3-7H2,1-2H3. The van der Waals surface area contributed by atoms with Gasteiger partial charge in [0.1, 0.15) is 6.23 Å². The summed E-state index contributed by atoms with van der Waals surface area (Å²) in [6, 6.07) is 0. The van der Waals surface area contributed by atoms with E-state index in [1.165, 1.54) is 0 Å². The van der Waals surface area contributed by atoms with E-state index in [9.17, 15) is 0 Å². The van der Waals surface area contributed by atoms with Crippen LogP contribution in [0.2, 0.25) is 0 Å². The molecule has 2 rings (SSSR count). The van der Waals surface area contributed by atoms with Crippen LogP contribution in [-0.2, 0) is 9.47 Å². The van der Waals surface area contributed by atoms with Crippen LogP contribution in [0.4, 0.5) is 0 Å². The fraction of sp³-hybridized carbons (Fsp3) is 1.00. The van der Waals surface area contributed by atoms with Crippen molar-refractivity contribution in [2.24, 2.45) is 5.92 Å². The van der Waals surface area contributed by atoms with Crippen molar-refractivity contribution in [1.82, 2.24) is 10.2 Å². The fourth-order valence-corrected chi connectivity index (χ4v) is 2.12. The van der Waals surface area contributed by atoms with Crippen molar-refractivity contribution in [2.75, 3.05) is 32.8 Å². The van der Waals surface area contributed by atoms with Crippen molar-refractivity contribution >= 4 is 0 Å². The molecule has 0 aliphatic carbocycles. The van der Waals surface area contributed by atoms with Gasteiger partial charge in [0, 0.05) is 32.1 Å². The summed E-state index contributed by atoms with van der Waals surface area (Å²) in [5.41, 5.74) is 0. The van der Waals surface area contributed by atoms with E-state index in [1.807, 2.05) is 6.92 Å². The summed E-state index contributed by atoms with van der Waals surface area (Å²) < 4.78 is 11.3. The van der Waals surface area contributed by atoms with Gasteiger partial charge < -0.3 is 14.8 Å². The molecule has 0 aromatic carbocycles. The Labute approximate surface area is 85.5 Å². The van der Waals surface area contributed by atoms with Crippen LogP contribution in [0.25, 0.3) is 0 Å². The molecule has 2 saturated heterocycles. The lowest BCUT2D eigenvalue weighted by molar-refractivity contribution is -0.264. The predicted octanol–water partition coefficient (Wildman–Crippen LogP) is 0.247. The number of piperazine rings is 1. The maximum Gasteiger partial charge on any atom is 0.156 e. The maximum absolute atomic E-state index is 5.81. The molecule has 0 saturated carbocycles. The van der Waals surface area contributed by atoms with Crippen LogP contribution < -0.4 is 5.32 Å². The molecule has 82 valence electrons. The van der Waals surface area contributed by atoms with E-state index >= 15 is 0 Å². The molecule has 3 unspecified atom stereocenters. The molecule has 2 fully saturated rings. The van der Waals surface area contributed by atoms with Crippen LogP contribution in [0, 0.1) is 5.92 Å². The van der Waals surface area contributed by atoms with E-state index in [0.717, 1.165) is 32.8 Å². The van der Waals surface area contributed by atoms with Crippen LogP contribution in [0.1, 0.15) is 13.8 Å². The second-order valence-corrected chi connectivity index (χ2v) is 4.19. The molecule has 2 heterocycles. The normalized spacial score (nSPS) is 41.1. The molecular weight excluding hydrogens is 180 g/mol. The predicted molar refractivity (Wildman–Crippen MR) is 53.9 cm³/mol. The molecule has 0 aromatic heterocycles. The molecule has 0 spiro atoms. The molecule has 14 heavy (non-hydrogen) atoms. The summed E-state index contributed by atoms with van der Waals surface area (Å²) >= 11 is 0. The van der Waals surface area contributed by atoms with Crippen molar-refractivity contribution in [3.05, 3.63) is 0 Å². The largest absolute Gasteiger partial charge is 0.352 e. The van der Waals surface area contributed by atoms with Gasteiger partial charge in [-0.25, -0.2) is 0 Å². The van der Waals surface area contributed by atoms with E-state index in [1.54, 1.807) is 0 Å². The molecular formula is C10H20N2O2. The lowest BCUT2D eigenvalue weighted by Gasteiger charge is -2.42. The Hall–Kier alpha value is -0.160. The second-order valence-electron chi connectivity index (χ2n) is 4.19. The zero-order valence-electron chi connectivity index (χ0n) is 9.03. The summed E-state index contributed by atoms with van der Waals surface area (Å²) in [5.74, 6) is 0.476. The number of nitrogens with zero attached hydrogens (tertiary/aromatic N) is 1. The molecule has 4 heteroatoms. The highest BCUT2D eigenvalue weighted by molar-refractivity contribution is 4.76. The maximum atomic E-state index is 5.81.